The fourth-order valence-electron chi connectivity index (χ4n) is 2.15. The van der Waals surface area contributed by atoms with Gasteiger partial charge in [0.2, 0.25) is 0 Å². The van der Waals surface area contributed by atoms with Crippen molar-refractivity contribution in [1.29, 1.82) is 0 Å². The van der Waals surface area contributed by atoms with Crippen LogP contribution in [0.25, 0.3) is 0 Å². The van der Waals surface area contributed by atoms with Gasteiger partial charge in [0, 0.05) is 12.6 Å². The Hall–Kier alpha value is -1.75. The van der Waals surface area contributed by atoms with E-state index < -0.39 is 0 Å². The zero-order chi connectivity index (χ0) is 12.4. The van der Waals surface area contributed by atoms with Crippen LogP contribution in [0.5, 0.6) is 11.5 Å². The van der Waals surface area contributed by atoms with Crippen LogP contribution in [0, 0.1) is 0 Å². The first-order chi connectivity index (χ1) is 8.13. The van der Waals surface area contributed by atoms with Gasteiger partial charge in [0.15, 0.2) is 0 Å². The lowest BCUT2D eigenvalue weighted by Crippen LogP contribution is -2.37. The number of aliphatic hydroxyl groups excluding tert-OH is 1. The Morgan fingerprint density at radius 1 is 1.41 bits per heavy atom. The van der Waals surface area contributed by atoms with Gasteiger partial charge in [-0.1, -0.05) is 0 Å². The Labute approximate surface area is 98.9 Å². The van der Waals surface area contributed by atoms with Gasteiger partial charge in [-0.2, -0.15) is 0 Å². The van der Waals surface area contributed by atoms with Crippen molar-refractivity contribution >= 4 is 5.91 Å². The summed E-state index contributed by atoms with van der Waals surface area (Å²) in [6.07, 6.45) is 1.64. The maximum Gasteiger partial charge on any atom is 0.257 e. The molecule has 0 aromatic heterocycles. The predicted molar refractivity (Wildman–Crippen MR) is 60.9 cm³/mol. The summed E-state index contributed by atoms with van der Waals surface area (Å²) in [5, 5.41) is 27.9. The van der Waals surface area contributed by atoms with E-state index in [2.05, 4.69) is 0 Å². The minimum atomic E-state index is -0.306. The van der Waals surface area contributed by atoms with E-state index in [0.29, 0.717) is 6.54 Å². The number of aromatic hydroxyl groups is 2. The van der Waals surface area contributed by atoms with E-state index in [1.807, 2.05) is 0 Å². The van der Waals surface area contributed by atoms with Crippen LogP contribution in [0.1, 0.15) is 23.2 Å². The van der Waals surface area contributed by atoms with Gasteiger partial charge in [0.25, 0.3) is 5.91 Å². The summed E-state index contributed by atoms with van der Waals surface area (Å²) < 4.78 is 0. The molecular formula is C12H15NO4. The van der Waals surface area contributed by atoms with Crippen molar-refractivity contribution in [3.05, 3.63) is 23.8 Å². The van der Waals surface area contributed by atoms with Crippen LogP contribution < -0.4 is 0 Å². The largest absolute Gasteiger partial charge is 0.508 e. The summed E-state index contributed by atoms with van der Waals surface area (Å²) in [6, 6.07) is 3.71. The maximum atomic E-state index is 12.1. The molecule has 1 fully saturated rings. The van der Waals surface area contributed by atoms with Crippen molar-refractivity contribution in [1.82, 2.24) is 4.90 Å². The molecule has 92 valence electrons. The molecule has 1 atom stereocenters. The summed E-state index contributed by atoms with van der Waals surface area (Å²) in [5.74, 6) is -0.628. The lowest BCUT2D eigenvalue weighted by molar-refractivity contribution is 0.0674. The molecule has 3 N–H and O–H groups in total. The molecule has 1 aliphatic rings. The molecule has 5 heteroatoms. The number of nitrogens with zero attached hydrogens (tertiary/aromatic N) is 1. The van der Waals surface area contributed by atoms with Crippen LogP contribution in [0.4, 0.5) is 0 Å². The topological polar surface area (TPSA) is 81.0 Å². The van der Waals surface area contributed by atoms with Crippen molar-refractivity contribution in [3.63, 3.8) is 0 Å². The number of rotatable bonds is 2. The molecule has 1 amide bonds. The third kappa shape index (κ3) is 2.19. The lowest BCUT2D eigenvalue weighted by atomic mass is 10.1. The highest BCUT2D eigenvalue weighted by Gasteiger charge is 2.29. The van der Waals surface area contributed by atoms with Crippen LogP contribution in [0.3, 0.4) is 0 Å². The summed E-state index contributed by atoms with van der Waals surface area (Å²) in [4.78, 5) is 13.7. The Kier molecular flexibility index (Phi) is 3.19. The molecule has 5 nitrogen and oxygen atoms in total. The highest BCUT2D eigenvalue weighted by molar-refractivity contribution is 5.97. The second-order valence-corrected chi connectivity index (χ2v) is 4.18. The second-order valence-electron chi connectivity index (χ2n) is 4.18. The fraction of sp³-hybridized carbons (Fsp3) is 0.417. The normalized spacial score (nSPS) is 19.6. The van der Waals surface area contributed by atoms with E-state index in [9.17, 15) is 9.90 Å². The molecule has 1 aliphatic heterocycles. The number of aliphatic hydroxyl groups is 1. The van der Waals surface area contributed by atoms with E-state index in [0.717, 1.165) is 18.9 Å². The highest BCUT2D eigenvalue weighted by Crippen LogP contribution is 2.27. The Morgan fingerprint density at radius 3 is 2.82 bits per heavy atom. The molecule has 0 radical (unpaired) electrons. The smallest absolute Gasteiger partial charge is 0.257 e. The second kappa shape index (κ2) is 4.63. The molecular weight excluding hydrogens is 222 g/mol. The van der Waals surface area contributed by atoms with Crippen LogP contribution in [-0.2, 0) is 0 Å². The third-order valence-electron chi connectivity index (χ3n) is 3.06. The Morgan fingerprint density at radius 2 is 2.18 bits per heavy atom. The molecule has 2 rings (SSSR count). The Balaban J connectivity index is 2.24. The zero-order valence-corrected chi connectivity index (χ0v) is 9.33. The number of amides is 1. The first-order valence-corrected chi connectivity index (χ1v) is 5.57. The molecule has 0 unspecified atom stereocenters. The maximum absolute atomic E-state index is 12.1. The third-order valence-corrected chi connectivity index (χ3v) is 3.06. The van der Waals surface area contributed by atoms with Crippen LogP contribution in [-0.4, -0.2) is 45.3 Å². The number of phenols is 2. The van der Waals surface area contributed by atoms with Crippen molar-refractivity contribution in [2.45, 2.75) is 18.9 Å². The SMILES string of the molecule is O=C(c1ccc(O)cc1O)N1CCC[C@H]1CO. The number of phenolic OH excluding ortho intramolecular Hbond substituents is 2. The monoisotopic (exact) mass is 237 g/mol. The minimum Gasteiger partial charge on any atom is -0.508 e. The van der Waals surface area contributed by atoms with E-state index in [-0.39, 0.29) is 35.6 Å². The van der Waals surface area contributed by atoms with Crippen molar-refractivity contribution in [3.8, 4) is 11.5 Å². The number of hydrogen-bond acceptors (Lipinski definition) is 4. The van der Waals surface area contributed by atoms with Crippen molar-refractivity contribution in [2.24, 2.45) is 0 Å². The van der Waals surface area contributed by atoms with Crippen LogP contribution >= 0.6 is 0 Å². The molecule has 1 aromatic rings. The fourth-order valence-corrected chi connectivity index (χ4v) is 2.15. The summed E-state index contributed by atoms with van der Waals surface area (Å²) >= 11 is 0. The predicted octanol–water partition coefficient (Wildman–Crippen LogP) is 0.695. The summed E-state index contributed by atoms with van der Waals surface area (Å²) in [7, 11) is 0. The van der Waals surface area contributed by atoms with Gasteiger partial charge < -0.3 is 20.2 Å². The molecule has 1 saturated heterocycles. The van der Waals surface area contributed by atoms with Crippen molar-refractivity contribution in [2.75, 3.05) is 13.2 Å². The Bertz CT molecular complexity index is 433. The van der Waals surface area contributed by atoms with E-state index in [1.54, 1.807) is 4.90 Å². The first kappa shape index (κ1) is 11.7. The quantitative estimate of drug-likeness (QED) is 0.707. The standard InChI is InChI=1S/C12H15NO4/c14-7-8-2-1-5-13(8)12(17)10-4-3-9(15)6-11(10)16/h3-4,6,8,14-16H,1-2,5,7H2/t8-/m0/s1. The number of likely N-dealkylation sites (tertiary alicyclic amines) is 1. The van der Waals surface area contributed by atoms with Crippen LogP contribution in [0.15, 0.2) is 18.2 Å². The van der Waals surface area contributed by atoms with Gasteiger partial charge in [-0.3, -0.25) is 4.79 Å². The van der Waals surface area contributed by atoms with E-state index in [1.165, 1.54) is 12.1 Å². The summed E-state index contributed by atoms with van der Waals surface area (Å²) in [5.41, 5.74) is 0.156. The molecule has 1 heterocycles. The van der Waals surface area contributed by atoms with Gasteiger partial charge in [-0.25, -0.2) is 0 Å². The van der Waals surface area contributed by atoms with E-state index >= 15 is 0 Å². The number of hydrogen-bond donors (Lipinski definition) is 3. The van der Waals surface area contributed by atoms with Gasteiger partial charge in [-0.15, -0.1) is 0 Å². The zero-order valence-electron chi connectivity index (χ0n) is 9.33. The lowest BCUT2D eigenvalue weighted by Gasteiger charge is -2.23. The minimum absolute atomic E-state index is 0.0649. The first-order valence-electron chi connectivity index (χ1n) is 5.57. The van der Waals surface area contributed by atoms with Gasteiger partial charge >= 0.3 is 0 Å². The number of carbonyl (C=O) groups is 1. The molecule has 0 bridgehead atoms. The molecule has 0 spiro atoms. The molecule has 17 heavy (non-hydrogen) atoms. The number of carbonyl (C=O) groups excluding carboxylic acids is 1. The van der Waals surface area contributed by atoms with Crippen LogP contribution in [0.2, 0.25) is 0 Å². The molecule has 0 aliphatic carbocycles. The van der Waals surface area contributed by atoms with Gasteiger partial charge in [0.05, 0.1) is 18.2 Å². The number of benzene rings is 1. The average Bonchev–Trinajstić information content (AvgIpc) is 2.76. The van der Waals surface area contributed by atoms with E-state index in [4.69, 9.17) is 10.2 Å². The molecule has 1 aromatic carbocycles. The van der Waals surface area contributed by atoms with Gasteiger partial charge in [0.1, 0.15) is 11.5 Å². The van der Waals surface area contributed by atoms with Crippen molar-refractivity contribution < 1.29 is 20.1 Å². The highest BCUT2D eigenvalue weighted by atomic mass is 16.3. The van der Waals surface area contributed by atoms with Gasteiger partial charge in [-0.05, 0) is 25.0 Å². The molecule has 0 saturated carbocycles. The summed E-state index contributed by atoms with van der Waals surface area (Å²) in [6.45, 7) is 0.523. The average molecular weight is 237 g/mol.